The lowest BCUT2D eigenvalue weighted by molar-refractivity contribution is -0.135. The van der Waals surface area contributed by atoms with Crippen LogP contribution in [0, 0.1) is 5.92 Å². The van der Waals surface area contributed by atoms with Crippen LogP contribution in [0.15, 0.2) is 17.5 Å². The van der Waals surface area contributed by atoms with Crippen molar-refractivity contribution in [3.8, 4) is 0 Å². The number of nitrogens with zero attached hydrogens (tertiary/aromatic N) is 2. The Balaban J connectivity index is 1.69. The van der Waals surface area contributed by atoms with E-state index < -0.39 is 9.84 Å². The van der Waals surface area contributed by atoms with Crippen molar-refractivity contribution >= 4 is 27.1 Å². The summed E-state index contributed by atoms with van der Waals surface area (Å²) in [6.07, 6.45) is 4.14. The Kier molecular flexibility index (Phi) is 6.17. The van der Waals surface area contributed by atoms with Gasteiger partial charge in [-0.15, -0.1) is 11.3 Å². The lowest BCUT2D eigenvalue weighted by Crippen LogP contribution is -2.46. The van der Waals surface area contributed by atoms with Gasteiger partial charge in [-0.25, -0.2) is 8.42 Å². The zero-order valence-corrected chi connectivity index (χ0v) is 16.5. The molecule has 0 radical (unpaired) electrons. The molecule has 1 aliphatic heterocycles. The largest absolute Gasteiger partial charge is 0.332 e. The number of hydrogen-bond donors (Lipinski definition) is 0. The summed E-state index contributed by atoms with van der Waals surface area (Å²) in [4.78, 5) is 18.2. The first-order valence-electron chi connectivity index (χ1n) is 9.21. The van der Waals surface area contributed by atoms with Crippen LogP contribution in [0.5, 0.6) is 0 Å². The minimum atomic E-state index is -3.00. The van der Waals surface area contributed by atoms with Crippen molar-refractivity contribution in [1.82, 2.24) is 9.80 Å². The van der Waals surface area contributed by atoms with E-state index in [1.807, 2.05) is 22.4 Å². The highest BCUT2D eigenvalue weighted by Gasteiger charge is 2.35. The Hall–Kier alpha value is -0.920. The molecule has 1 saturated heterocycles. The zero-order chi connectivity index (χ0) is 17.9. The molecule has 3 rings (SSSR count). The van der Waals surface area contributed by atoms with Crippen LogP contribution in [0.3, 0.4) is 0 Å². The topological polar surface area (TPSA) is 57.7 Å². The number of amides is 1. The number of carbonyl (C=O) groups is 1. The Morgan fingerprint density at radius 2 is 2.12 bits per heavy atom. The molecular weight excluding hydrogens is 356 g/mol. The highest BCUT2D eigenvalue weighted by atomic mass is 32.2. The van der Waals surface area contributed by atoms with Gasteiger partial charge in [0.25, 0.3) is 0 Å². The molecule has 0 N–H and O–H groups in total. The molecule has 2 fully saturated rings. The quantitative estimate of drug-likeness (QED) is 0.656. The van der Waals surface area contributed by atoms with E-state index in [-0.39, 0.29) is 23.5 Å². The monoisotopic (exact) mass is 384 g/mol. The second-order valence-corrected chi connectivity index (χ2v) is 10.6. The van der Waals surface area contributed by atoms with Gasteiger partial charge in [-0.1, -0.05) is 13.0 Å². The molecule has 1 aliphatic carbocycles. The number of sulfone groups is 1. The molecule has 0 aromatic carbocycles. The van der Waals surface area contributed by atoms with E-state index in [0.29, 0.717) is 19.5 Å². The normalized spacial score (nSPS) is 22.4. The van der Waals surface area contributed by atoms with Gasteiger partial charge in [-0.05, 0) is 49.6 Å². The average molecular weight is 385 g/mol. The first kappa shape index (κ1) is 18.9. The van der Waals surface area contributed by atoms with Gasteiger partial charge in [0.15, 0.2) is 9.84 Å². The molecule has 140 valence electrons. The summed E-state index contributed by atoms with van der Waals surface area (Å²) in [6, 6.07) is 3.82. The second kappa shape index (κ2) is 8.18. The third-order valence-electron chi connectivity index (χ3n) is 4.99. The third kappa shape index (κ3) is 5.53. The summed E-state index contributed by atoms with van der Waals surface area (Å²) in [5, 5.41) is 2.00. The van der Waals surface area contributed by atoms with Crippen molar-refractivity contribution in [2.45, 2.75) is 45.2 Å². The van der Waals surface area contributed by atoms with Crippen molar-refractivity contribution in [3.63, 3.8) is 0 Å². The van der Waals surface area contributed by atoms with Gasteiger partial charge in [0.05, 0.1) is 24.6 Å². The first-order valence-corrected chi connectivity index (χ1v) is 11.9. The predicted octanol–water partition coefficient (Wildman–Crippen LogP) is 2.39. The van der Waals surface area contributed by atoms with Crippen molar-refractivity contribution < 1.29 is 13.2 Å². The highest BCUT2D eigenvalue weighted by Crippen LogP contribution is 2.30. The number of thiophene rings is 1. The van der Waals surface area contributed by atoms with E-state index in [9.17, 15) is 13.2 Å². The fraction of sp³-hybridized carbons (Fsp3) is 0.722. The van der Waals surface area contributed by atoms with Crippen LogP contribution in [-0.2, 0) is 21.2 Å². The summed E-state index contributed by atoms with van der Waals surface area (Å²) in [6.45, 7) is 5.00. The number of hydrogen-bond acceptors (Lipinski definition) is 5. The molecule has 0 spiro atoms. The molecule has 2 heterocycles. The lowest BCUT2D eigenvalue weighted by atomic mass is 10.2. The Bertz CT molecular complexity index is 669. The summed E-state index contributed by atoms with van der Waals surface area (Å²) in [5.74, 6) is 1.13. The van der Waals surface area contributed by atoms with Crippen LogP contribution in [-0.4, -0.2) is 61.3 Å². The Morgan fingerprint density at radius 3 is 2.68 bits per heavy atom. The first-order chi connectivity index (χ1) is 12.0. The smallest absolute Gasteiger partial charge is 0.237 e. The maximum Gasteiger partial charge on any atom is 0.237 e. The fourth-order valence-electron chi connectivity index (χ4n) is 3.51. The molecule has 1 amide bonds. The number of carbonyl (C=O) groups excluding carboxylic acids is 1. The van der Waals surface area contributed by atoms with Crippen LogP contribution < -0.4 is 0 Å². The van der Waals surface area contributed by atoms with Crippen LogP contribution in [0.1, 0.15) is 37.5 Å². The van der Waals surface area contributed by atoms with Crippen molar-refractivity contribution in [3.05, 3.63) is 22.4 Å². The van der Waals surface area contributed by atoms with E-state index in [2.05, 4.69) is 11.8 Å². The van der Waals surface area contributed by atoms with Crippen molar-refractivity contribution in [2.75, 3.05) is 31.1 Å². The molecule has 1 saturated carbocycles. The lowest BCUT2D eigenvalue weighted by Gasteiger charge is -2.31. The van der Waals surface area contributed by atoms with E-state index in [0.717, 1.165) is 30.3 Å². The van der Waals surface area contributed by atoms with E-state index in [1.165, 1.54) is 12.8 Å². The van der Waals surface area contributed by atoms with Crippen LogP contribution >= 0.6 is 11.3 Å². The SMILES string of the molecule is CCCN(CC(=O)N(Cc1cccs1)C1CCS(=O)(=O)C1)CC1CC1. The molecule has 2 aliphatic rings. The maximum absolute atomic E-state index is 13.0. The van der Waals surface area contributed by atoms with E-state index in [1.54, 1.807) is 11.3 Å². The minimum Gasteiger partial charge on any atom is -0.332 e. The standard InChI is InChI=1S/C18H28N2O3S2/c1-2-8-19(11-15-5-6-15)13-18(21)20(12-17-4-3-9-24-17)16-7-10-25(22,23)14-16/h3-4,9,15-16H,2,5-8,10-14H2,1H3. The molecule has 1 aromatic heterocycles. The summed E-state index contributed by atoms with van der Waals surface area (Å²) in [7, 11) is -3.00. The summed E-state index contributed by atoms with van der Waals surface area (Å²) < 4.78 is 23.8. The van der Waals surface area contributed by atoms with Gasteiger partial charge < -0.3 is 4.90 Å². The summed E-state index contributed by atoms with van der Waals surface area (Å²) >= 11 is 1.62. The maximum atomic E-state index is 13.0. The molecule has 5 nitrogen and oxygen atoms in total. The zero-order valence-electron chi connectivity index (χ0n) is 14.9. The molecular formula is C18H28N2O3S2. The fourth-order valence-corrected chi connectivity index (χ4v) is 5.94. The van der Waals surface area contributed by atoms with Gasteiger partial charge in [-0.3, -0.25) is 9.69 Å². The third-order valence-corrected chi connectivity index (χ3v) is 7.60. The summed E-state index contributed by atoms with van der Waals surface area (Å²) in [5.41, 5.74) is 0. The average Bonchev–Trinajstić information content (AvgIpc) is 3.07. The van der Waals surface area contributed by atoms with Crippen LogP contribution in [0.4, 0.5) is 0 Å². The second-order valence-electron chi connectivity index (χ2n) is 7.34. The van der Waals surface area contributed by atoms with Crippen molar-refractivity contribution in [1.29, 1.82) is 0 Å². The highest BCUT2D eigenvalue weighted by molar-refractivity contribution is 7.91. The van der Waals surface area contributed by atoms with E-state index >= 15 is 0 Å². The van der Waals surface area contributed by atoms with E-state index in [4.69, 9.17) is 0 Å². The molecule has 7 heteroatoms. The molecule has 1 unspecified atom stereocenters. The molecule has 0 bridgehead atoms. The van der Waals surface area contributed by atoms with Gasteiger partial charge in [0, 0.05) is 17.5 Å². The number of rotatable bonds is 9. The van der Waals surface area contributed by atoms with Gasteiger partial charge in [0.2, 0.25) is 5.91 Å². The molecule has 25 heavy (non-hydrogen) atoms. The molecule has 1 aromatic rings. The van der Waals surface area contributed by atoms with Gasteiger partial charge >= 0.3 is 0 Å². The van der Waals surface area contributed by atoms with Crippen LogP contribution in [0.25, 0.3) is 0 Å². The van der Waals surface area contributed by atoms with Crippen molar-refractivity contribution in [2.24, 2.45) is 5.92 Å². The van der Waals surface area contributed by atoms with Crippen LogP contribution in [0.2, 0.25) is 0 Å². The Labute approximate surface area is 154 Å². The van der Waals surface area contributed by atoms with Gasteiger partial charge in [0.1, 0.15) is 0 Å². The minimum absolute atomic E-state index is 0.0737. The van der Waals surface area contributed by atoms with Gasteiger partial charge in [-0.2, -0.15) is 0 Å². The predicted molar refractivity (Wildman–Crippen MR) is 101 cm³/mol. The molecule has 1 atom stereocenters. The Morgan fingerprint density at radius 1 is 1.32 bits per heavy atom.